The molecule has 0 saturated carbocycles. The Kier molecular flexibility index (Phi) is 3.22. The monoisotopic (exact) mass is 309 g/mol. The molecule has 3 rings (SSSR count). The molecule has 0 aromatic heterocycles. The summed E-state index contributed by atoms with van der Waals surface area (Å²) in [6, 6.07) is 5.18. The van der Waals surface area contributed by atoms with Crippen LogP contribution in [0.15, 0.2) is 18.2 Å². The molecule has 112 valence electrons. The molecule has 1 fully saturated rings. The number of amides is 1. The average Bonchev–Trinajstić information content (AvgIpc) is 2.73. The minimum atomic E-state index is -3.15. The van der Waals surface area contributed by atoms with Gasteiger partial charge in [0.25, 0.3) is 11.7 Å². The number of rotatable bonds is 2. The van der Waals surface area contributed by atoms with E-state index in [0.29, 0.717) is 37.4 Å². The number of piperazine rings is 1. The first kappa shape index (κ1) is 14.0. The lowest BCUT2D eigenvalue weighted by atomic mass is 10.1. The van der Waals surface area contributed by atoms with Crippen LogP contribution in [0.1, 0.15) is 10.4 Å². The fourth-order valence-electron chi connectivity index (χ4n) is 2.61. The zero-order valence-corrected chi connectivity index (χ0v) is 12.3. The molecule has 0 radical (unpaired) electrons. The third kappa shape index (κ3) is 2.52. The zero-order chi connectivity index (χ0) is 15.2. The fourth-order valence-corrected chi connectivity index (χ4v) is 3.44. The van der Waals surface area contributed by atoms with Crippen molar-refractivity contribution in [1.82, 2.24) is 4.31 Å². The summed E-state index contributed by atoms with van der Waals surface area (Å²) in [6.07, 6.45) is 1.21. The Morgan fingerprint density at radius 2 is 1.76 bits per heavy atom. The molecule has 2 aliphatic rings. The average molecular weight is 309 g/mol. The van der Waals surface area contributed by atoms with E-state index in [2.05, 4.69) is 5.32 Å². The van der Waals surface area contributed by atoms with Crippen LogP contribution in [0.5, 0.6) is 0 Å². The van der Waals surface area contributed by atoms with Gasteiger partial charge in [0.15, 0.2) is 0 Å². The number of hydrogen-bond donors (Lipinski definition) is 1. The summed E-state index contributed by atoms with van der Waals surface area (Å²) in [5, 5.41) is 2.54. The SMILES string of the molecule is CS(=O)(=O)N1CCN(c2ccc3c(c2)NC(=O)C3=O)CC1. The van der Waals surface area contributed by atoms with Gasteiger partial charge < -0.3 is 10.2 Å². The smallest absolute Gasteiger partial charge is 0.296 e. The van der Waals surface area contributed by atoms with Crippen molar-refractivity contribution in [2.45, 2.75) is 0 Å². The highest BCUT2D eigenvalue weighted by molar-refractivity contribution is 7.88. The maximum absolute atomic E-state index is 11.5. The standard InChI is InChI=1S/C13H15N3O4S/c1-21(19,20)16-6-4-15(5-7-16)9-2-3-10-11(8-9)14-13(18)12(10)17/h2-3,8H,4-7H2,1H3,(H,14,17,18). The molecule has 1 N–H and O–H groups in total. The lowest BCUT2D eigenvalue weighted by Crippen LogP contribution is -2.48. The van der Waals surface area contributed by atoms with Crippen LogP contribution in [-0.4, -0.2) is 56.8 Å². The van der Waals surface area contributed by atoms with E-state index in [1.165, 1.54) is 10.6 Å². The number of sulfonamides is 1. The highest BCUT2D eigenvalue weighted by Crippen LogP contribution is 2.29. The van der Waals surface area contributed by atoms with Gasteiger partial charge in [-0.3, -0.25) is 9.59 Å². The molecule has 1 saturated heterocycles. The summed E-state index contributed by atoms with van der Waals surface area (Å²) in [5.41, 5.74) is 1.78. The number of carbonyl (C=O) groups is 2. The Balaban J connectivity index is 1.77. The molecular weight excluding hydrogens is 294 g/mol. The summed E-state index contributed by atoms with van der Waals surface area (Å²) in [4.78, 5) is 24.9. The van der Waals surface area contributed by atoms with Crippen LogP contribution in [0, 0.1) is 0 Å². The number of anilines is 2. The number of ketones is 1. The van der Waals surface area contributed by atoms with Gasteiger partial charge in [0, 0.05) is 31.9 Å². The van der Waals surface area contributed by atoms with Crippen molar-refractivity contribution in [3.63, 3.8) is 0 Å². The molecule has 1 aromatic rings. The Hall–Kier alpha value is -1.93. The van der Waals surface area contributed by atoms with Crippen molar-refractivity contribution in [1.29, 1.82) is 0 Å². The summed E-state index contributed by atoms with van der Waals surface area (Å²) >= 11 is 0. The highest BCUT2D eigenvalue weighted by Gasteiger charge is 2.29. The Morgan fingerprint density at radius 1 is 1.10 bits per heavy atom. The van der Waals surface area contributed by atoms with Crippen molar-refractivity contribution in [2.75, 3.05) is 42.7 Å². The van der Waals surface area contributed by atoms with E-state index in [0.717, 1.165) is 5.69 Å². The van der Waals surface area contributed by atoms with Gasteiger partial charge in [-0.1, -0.05) is 0 Å². The van der Waals surface area contributed by atoms with E-state index in [1.54, 1.807) is 18.2 Å². The zero-order valence-electron chi connectivity index (χ0n) is 11.5. The van der Waals surface area contributed by atoms with Crippen LogP contribution < -0.4 is 10.2 Å². The van der Waals surface area contributed by atoms with Crippen molar-refractivity contribution >= 4 is 33.1 Å². The second-order valence-corrected chi connectivity index (χ2v) is 7.14. The van der Waals surface area contributed by atoms with Crippen molar-refractivity contribution in [3.8, 4) is 0 Å². The van der Waals surface area contributed by atoms with E-state index < -0.39 is 21.7 Å². The Morgan fingerprint density at radius 3 is 2.38 bits per heavy atom. The third-order valence-corrected chi connectivity index (χ3v) is 5.08. The molecule has 21 heavy (non-hydrogen) atoms. The van der Waals surface area contributed by atoms with Crippen LogP contribution in [0.2, 0.25) is 0 Å². The lowest BCUT2D eigenvalue weighted by Gasteiger charge is -2.34. The molecule has 7 nitrogen and oxygen atoms in total. The lowest BCUT2D eigenvalue weighted by molar-refractivity contribution is -0.112. The van der Waals surface area contributed by atoms with E-state index in [9.17, 15) is 18.0 Å². The molecule has 2 aliphatic heterocycles. The maximum Gasteiger partial charge on any atom is 0.296 e. The molecule has 0 aliphatic carbocycles. The van der Waals surface area contributed by atoms with Crippen LogP contribution in [0.25, 0.3) is 0 Å². The van der Waals surface area contributed by atoms with E-state index in [1.807, 2.05) is 4.90 Å². The third-order valence-electron chi connectivity index (χ3n) is 3.78. The number of Topliss-reactive ketones (excluding diaryl/α,β-unsaturated/α-hetero) is 1. The largest absolute Gasteiger partial charge is 0.369 e. The number of benzene rings is 1. The van der Waals surface area contributed by atoms with Gasteiger partial charge in [0.2, 0.25) is 10.0 Å². The highest BCUT2D eigenvalue weighted by atomic mass is 32.2. The summed E-state index contributed by atoms with van der Waals surface area (Å²) < 4.78 is 24.4. The molecule has 1 amide bonds. The van der Waals surface area contributed by atoms with Gasteiger partial charge >= 0.3 is 0 Å². The van der Waals surface area contributed by atoms with Gasteiger partial charge in [0.1, 0.15) is 0 Å². The molecule has 1 aromatic carbocycles. The summed E-state index contributed by atoms with van der Waals surface area (Å²) in [7, 11) is -3.15. The van der Waals surface area contributed by atoms with Crippen LogP contribution in [0.3, 0.4) is 0 Å². The Bertz CT molecular complexity index is 721. The minimum absolute atomic E-state index is 0.388. The fraction of sp³-hybridized carbons (Fsp3) is 0.385. The van der Waals surface area contributed by atoms with Crippen molar-refractivity contribution in [3.05, 3.63) is 23.8 Å². The first-order valence-electron chi connectivity index (χ1n) is 6.56. The molecule has 0 spiro atoms. The first-order valence-corrected chi connectivity index (χ1v) is 8.41. The molecule has 0 bridgehead atoms. The van der Waals surface area contributed by atoms with Gasteiger partial charge in [-0.05, 0) is 18.2 Å². The number of nitrogens with zero attached hydrogens (tertiary/aromatic N) is 2. The quantitative estimate of drug-likeness (QED) is 0.771. The van der Waals surface area contributed by atoms with Crippen LogP contribution in [0.4, 0.5) is 11.4 Å². The topological polar surface area (TPSA) is 86.8 Å². The molecule has 0 atom stereocenters. The van der Waals surface area contributed by atoms with Crippen LogP contribution in [-0.2, 0) is 14.8 Å². The minimum Gasteiger partial charge on any atom is -0.369 e. The van der Waals surface area contributed by atoms with Crippen molar-refractivity contribution in [2.24, 2.45) is 0 Å². The number of hydrogen-bond acceptors (Lipinski definition) is 5. The maximum atomic E-state index is 11.5. The van der Waals surface area contributed by atoms with Gasteiger partial charge in [-0.25, -0.2) is 8.42 Å². The molecule has 0 unspecified atom stereocenters. The molecular formula is C13H15N3O4S. The predicted octanol–water partition coefficient (Wildman–Crippen LogP) is -0.0970. The second kappa shape index (κ2) is 4.81. The summed E-state index contributed by atoms with van der Waals surface area (Å²) in [6.45, 7) is 2.02. The molecule has 2 heterocycles. The Labute approximate surface area is 122 Å². The molecule has 8 heteroatoms. The number of carbonyl (C=O) groups excluding carboxylic acids is 2. The van der Waals surface area contributed by atoms with Crippen LogP contribution >= 0.6 is 0 Å². The van der Waals surface area contributed by atoms with E-state index >= 15 is 0 Å². The predicted molar refractivity (Wildman–Crippen MR) is 78.0 cm³/mol. The summed E-state index contributed by atoms with van der Waals surface area (Å²) in [5.74, 6) is -1.12. The number of fused-ring (bicyclic) bond motifs is 1. The van der Waals surface area contributed by atoms with Gasteiger partial charge in [-0.2, -0.15) is 4.31 Å². The van der Waals surface area contributed by atoms with Gasteiger partial charge in [-0.15, -0.1) is 0 Å². The second-order valence-electron chi connectivity index (χ2n) is 5.16. The first-order chi connectivity index (χ1) is 9.86. The van der Waals surface area contributed by atoms with E-state index in [-0.39, 0.29) is 0 Å². The van der Waals surface area contributed by atoms with E-state index in [4.69, 9.17) is 0 Å². The number of nitrogens with one attached hydrogen (secondary N) is 1. The van der Waals surface area contributed by atoms with Crippen molar-refractivity contribution < 1.29 is 18.0 Å². The van der Waals surface area contributed by atoms with Gasteiger partial charge in [0.05, 0.1) is 17.5 Å². The normalized spacial score (nSPS) is 19.6.